The predicted octanol–water partition coefficient (Wildman–Crippen LogP) is 2.52. The van der Waals surface area contributed by atoms with E-state index >= 15 is 0 Å². The van der Waals surface area contributed by atoms with Crippen molar-refractivity contribution in [2.75, 3.05) is 13.2 Å². The lowest BCUT2D eigenvalue weighted by atomic mass is 10.2. The predicted molar refractivity (Wildman–Crippen MR) is 66.5 cm³/mol. The number of hydrogen-bond donors (Lipinski definition) is 1. The van der Waals surface area contributed by atoms with Gasteiger partial charge >= 0.3 is 5.97 Å². The van der Waals surface area contributed by atoms with Crippen LogP contribution in [0.5, 0.6) is 0 Å². The van der Waals surface area contributed by atoms with Crippen LogP contribution in [0.2, 0.25) is 0 Å². The Hall–Kier alpha value is -1.13. The van der Waals surface area contributed by atoms with Gasteiger partial charge in [0, 0.05) is 23.0 Å². The second-order valence-electron chi connectivity index (χ2n) is 3.44. The van der Waals surface area contributed by atoms with Crippen LogP contribution in [-0.2, 0) is 9.53 Å². The first-order chi connectivity index (χ1) is 7.65. The molecule has 0 aromatic carbocycles. The third kappa shape index (κ3) is 3.79. The summed E-state index contributed by atoms with van der Waals surface area (Å²) >= 11 is 1.69. The lowest BCUT2D eigenvalue weighted by molar-refractivity contribution is -0.138. The van der Waals surface area contributed by atoms with Crippen LogP contribution in [0, 0.1) is 0 Å². The van der Waals surface area contributed by atoms with Gasteiger partial charge in [-0.2, -0.15) is 0 Å². The summed E-state index contributed by atoms with van der Waals surface area (Å²) in [5.41, 5.74) is 0.463. The second kappa shape index (κ2) is 6.45. The molecule has 4 heteroatoms. The fraction of sp³-hybridized carbons (Fsp3) is 0.417. The van der Waals surface area contributed by atoms with E-state index in [1.165, 1.54) is 4.88 Å². The molecule has 0 radical (unpaired) electrons. The molecule has 1 aromatic heterocycles. The summed E-state index contributed by atoms with van der Waals surface area (Å²) in [6.07, 6.45) is 0. The largest absolute Gasteiger partial charge is 0.463 e. The summed E-state index contributed by atoms with van der Waals surface area (Å²) in [6, 6.07) is 4.31. The molecule has 88 valence electrons. The average Bonchev–Trinajstić information content (AvgIpc) is 2.79. The SMILES string of the molecule is C=C(CN[C@@H](C)c1cccs1)C(=O)OCC. The van der Waals surface area contributed by atoms with E-state index in [2.05, 4.69) is 24.9 Å². The number of carbonyl (C=O) groups excluding carboxylic acids is 1. The number of nitrogens with one attached hydrogen (secondary N) is 1. The van der Waals surface area contributed by atoms with Crippen molar-refractivity contribution in [1.29, 1.82) is 0 Å². The van der Waals surface area contributed by atoms with Crippen molar-refractivity contribution in [3.05, 3.63) is 34.5 Å². The Morgan fingerprint density at radius 1 is 1.69 bits per heavy atom. The maximum atomic E-state index is 11.3. The van der Waals surface area contributed by atoms with Crippen molar-refractivity contribution >= 4 is 17.3 Å². The van der Waals surface area contributed by atoms with Crippen LogP contribution >= 0.6 is 11.3 Å². The number of ether oxygens (including phenoxy) is 1. The monoisotopic (exact) mass is 239 g/mol. The standard InChI is InChI=1S/C12H17NO2S/c1-4-15-12(14)9(2)8-13-10(3)11-6-5-7-16-11/h5-7,10,13H,2,4,8H2,1,3H3/t10-/m0/s1. The van der Waals surface area contributed by atoms with Gasteiger partial charge in [-0.3, -0.25) is 0 Å². The fourth-order valence-electron chi connectivity index (χ4n) is 1.22. The highest BCUT2D eigenvalue weighted by atomic mass is 32.1. The molecule has 1 heterocycles. The van der Waals surface area contributed by atoms with Gasteiger partial charge in [0.05, 0.1) is 6.61 Å². The number of rotatable bonds is 6. The Morgan fingerprint density at radius 3 is 3.00 bits per heavy atom. The lowest BCUT2D eigenvalue weighted by Gasteiger charge is -2.12. The Labute approximate surface area is 100 Å². The smallest absolute Gasteiger partial charge is 0.334 e. The maximum absolute atomic E-state index is 11.3. The zero-order chi connectivity index (χ0) is 12.0. The molecule has 1 atom stereocenters. The summed E-state index contributed by atoms with van der Waals surface area (Å²) < 4.78 is 4.85. The molecule has 0 amide bonds. The average molecular weight is 239 g/mol. The van der Waals surface area contributed by atoms with Crippen LogP contribution in [0.25, 0.3) is 0 Å². The van der Waals surface area contributed by atoms with Gasteiger partial charge in [-0.15, -0.1) is 11.3 Å². The zero-order valence-electron chi connectivity index (χ0n) is 9.66. The molecule has 0 unspecified atom stereocenters. The van der Waals surface area contributed by atoms with Gasteiger partial charge in [0.25, 0.3) is 0 Å². The molecule has 1 rings (SSSR count). The first-order valence-electron chi connectivity index (χ1n) is 5.26. The topological polar surface area (TPSA) is 38.3 Å². The molecular formula is C12H17NO2S. The van der Waals surface area contributed by atoms with Crippen LogP contribution in [0.15, 0.2) is 29.7 Å². The van der Waals surface area contributed by atoms with Gasteiger partial charge in [-0.1, -0.05) is 12.6 Å². The van der Waals surface area contributed by atoms with Crippen molar-refractivity contribution in [2.45, 2.75) is 19.9 Å². The normalized spacial score (nSPS) is 12.1. The highest BCUT2D eigenvalue weighted by Gasteiger charge is 2.10. The molecule has 0 aliphatic carbocycles. The highest BCUT2D eigenvalue weighted by molar-refractivity contribution is 7.10. The van der Waals surface area contributed by atoms with Crippen molar-refractivity contribution in [2.24, 2.45) is 0 Å². The third-order valence-electron chi connectivity index (χ3n) is 2.16. The fourth-order valence-corrected chi connectivity index (χ4v) is 1.98. The molecule has 0 spiro atoms. The van der Waals surface area contributed by atoms with Gasteiger partial charge < -0.3 is 10.1 Å². The molecular weight excluding hydrogens is 222 g/mol. The summed E-state index contributed by atoms with van der Waals surface area (Å²) in [7, 11) is 0. The molecule has 16 heavy (non-hydrogen) atoms. The Kier molecular flexibility index (Phi) is 5.22. The van der Waals surface area contributed by atoms with E-state index < -0.39 is 0 Å². The van der Waals surface area contributed by atoms with E-state index in [0.29, 0.717) is 18.7 Å². The Morgan fingerprint density at radius 2 is 2.44 bits per heavy atom. The number of thiophene rings is 1. The van der Waals surface area contributed by atoms with Gasteiger partial charge in [0.15, 0.2) is 0 Å². The van der Waals surface area contributed by atoms with Crippen molar-refractivity contribution in [3.63, 3.8) is 0 Å². The third-order valence-corrected chi connectivity index (χ3v) is 3.21. The quantitative estimate of drug-likeness (QED) is 0.612. The molecule has 3 nitrogen and oxygen atoms in total. The maximum Gasteiger partial charge on any atom is 0.334 e. The summed E-state index contributed by atoms with van der Waals surface area (Å²) in [5.74, 6) is -0.326. The van der Waals surface area contributed by atoms with Crippen molar-refractivity contribution in [3.8, 4) is 0 Å². The zero-order valence-corrected chi connectivity index (χ0v) is 10.5. The van der Waals surface area contributed by atoms with E-state index in [-0.39, 0.29) is 12.0 Å². The minimum absolute atomic E-state index is 0.228. The van der Waals surface area contributed by atoms with Crippen LogP contribution < -0.4 is 5.32 Å². The second-order valence-corrected chi connectivity index (χ2v) is 4.42. The van der Waals surface area contributed by atoms with E-state index in [4.69, 9.17) is 4.74 Å². The number of carbonyl (C=O) groups is 1. The minimum Gasteiger partial charge on any atom is -0.463 e. The number of esters is 1. The molecule has 1 aromatic rings. The Balaban J connectivity index is 2.34. The van der Waals surface area contributed by atoms with E-state index in [1.807, 2.05) is 11.4 Å². The van der Waals surface area contributed by atoms with Crippen LogP contribution in [-0.4, -0.2) is 19.1 Å². The molecule has 0 fully saturated rings. The van der Waals surface area contributed by atoms with Gasteiger partial charge in [-0.25, -0.2) is 4.79 Å². The van der Waals surface area contributed by atoms with Gasteiger partial charge in [0.2, 0.25) is 0 Å². The lowest BCUT2D eigenvalue weighted by Crippen LogP contribution is -2.24. The molecule has 0 aliphatic heterocycles. The molecule has 0 bridgehead atoms. The van der Waals surface area contributed by atoms with E-state index in [0.717, 1.165) is 0 Å². The van der Waals surface area contributed by atoms with Crippen LogP contribution in [0.3, 0.4) is 0 Å². The number of hydrogen-bond acceptors (Lipinski definition) is 4. The molecule has 1 N–H and O–H groups in total. The van der Waals surface area contributed by atoms with Crippen LogP contribution in [0.4, 0.5) is 0 Å². The van der Waals surface area contributed by atoms with Gasteiger partial charge in [-0.05, 0) is 25.3 Å². The summed E-state index contributed by atoms with van der Waals surface area (Å²) in [4.78, 5) is 12.5. The molecule has 0 saturated heterocycles. The van der Waals surface area contributed by atoms with Gasteiger partial charge in [0.1, 0.15) is 0 Å². The first-order valence-corrected chi connectivity index (χ1v) is 6.14. The highest BCUT2D eigenvalue weighted by Crippen LogP contribution is 2.17. The van der Waals surface area contributed by atoms with Crippen molar-refractivity contribution in [1.82, 2.24) is 5.32 Å². The van der Waals surface area contributed by atoms with Crippen LogP contribution in [0.1, 0.15) is 24.8 Å². The van der Waals surface area contributed by atoms with E-state index in [9.17, 15) is 4.79 Å². The first kappa shape index (κ1) is 12.9. The minimum atomic E-state index is -0.326. The molecule has 0 aliphatic rings. The summed E-state index contributed by atoms with van der Waals surface area (Å²) in [5, 5.41) is 5.27. The molecule has 0 saturated carbocycles. The summed E-state index contributed by atoms with van der Waals surface area (Å²) in [6.45, 7) is 8.38. The van der Waals surface area contributed by atoms with E-state index in [1.54, 1.807) is 18.3 Å². The van der Waals surface area contributed by atoms with Crippen molar-refractivity contribution < 1.29 is 9.53 Å². The Bertz CT molecular complexity index is 346.